The summed E-state index contributed by atoms with van der Waals surface area (Å²) in [5.74, 6) is 0.464. The molecule has 5 fully saturated rings. The molecule has 28 heavy (non-hydrogen) atoms. The van der Waals surface area contributed by atoms with Crippen molar-refractivity contribution in [3.8, 4) is 0 Å². The topological polar surface area (TPSA) is 57.1 Å². The molecule has 1 aliphatic heterocycles. The van der Waals surface area contributed by atoms with Crippen LogP contribution in [0.2, 0.25) is 0 Å². The Morgan fingerprint density at radius 3 is 2.61 bits per heavy atom. The van der Waals surface area contributed by atoms with Gasteiger partial charge in [0.05, 0.1) is 18.9 Å². The summed E-state index contributed by atoms with van der Waals surface area (Å²) in [4.78, 5) is 17.4. The Bertz CT molecular complexity index is 705. The predicted octanol–water partition coefficient (Wildman–Crippen LogP) is 3.90. The molecule has 4 unspecified atom stereocenters. The van der Waals surface area contributed by atoms with Crippen molar-refractivity contribution in [2.45, 2.75) is 70.8 Å². The van der Waals surface area contributed by atoms with Crippen LogP contribution in [0.4, 0.5) is 4.39 Å². The molecule has 0 amide bonds. The fourth-order valence-corrected chi connectivity index (χ4v) is 7.94. The van der Waals surface area contributed by atoms with E-state index >= 15 is 4.39 Å². The molecule has 7 atom stereocenters. The third kappa shape index (κ3) is 2.25. The monoisotopic (exact) mass is 393 g/mol. The van der Waals surface area contributed by atoms with Crippen molar-refractivity contribution in [2.24, 2.45) is 39.7 Å². The zero-order valence-electron chi connectivity index (χ0n) is 17.2. The van der Waals surface area contributed by atoms with E-state index in [0.717, 1.165) is 31.4 Å². The van der Waals surface area contributed by atoms with E-state index in [1.165, 1.54) is 0 Å². The lowest BCUT2D eigenvalue weighted by atomic mass is 9.44. The first-order chi connectivity index (χ1) is 13.4. The fourth-order valence-electron chi connectivity index (χ4n) is 7.94. The van der Waals surface area contributed by atoms with E-state index in [4.69, 9.17) is 14.3 Å². The maximum atomic E-state index is 15.4. The number of hydrogen-bond donors (Lipinski definition) is 0. The first kappa shape index (κ1) is 19.0. The largest absolute Gasteiger partial charge is 0.399 e. The normalized spacial score (nSPS) is 51.1. The molecule has 5 aliphatic rings. The van der Waals surface area contributed by atoms with Crippen molar-refractivity contribution in [1.29, 1.82) is 0 Å². The Morgan fingerprint density at radius 1 is 1.14 bits per heavy atom. The van der Waals surface area contributed by atoms with Gasteiger partial charge >= 0.3 is 0 Å². The predicted molar refractivity (Wildman–Crippen MR) is 101 cm³/mol. The molecule has 6 heteroatoms. The van der Waals surface area contributed by atoms with Gasteiger partial charge in [-0.05, 0) is 55.3 Å². The summed E-state index contributed by atoms with van der Waals surface area (Å²) < 4.78 is 27.3. The summed E-state index contributed by atoms with van der Waals surface area (Å²) in [7, 11) is 1.58. The molecule has 156 valence electrons. The van der Waals surface area contributed by atoms with Gasteiger partial charge in [-0.3, -0.25) is 4.79 Å². The van der Waals surface area contributed by atoms with Gasteiger partial charge in [0.2, 0.25) is 5.79 Å². The highest BCUT2D eigenvalue weighted by Crippen LogP contribution is 2.69. The lowest BCUT2D eigenvalue weighted by molar-refractivity contribution is -0.263. The van der Waals surface area contributed by atoms with E-state index in [0.29, 0.717) is 50.1 Å². The van der Waals surface area contributed by atoms with Crippen LogP contribution in [0.25, 0.3) is 0 Å². The number of Topliss-reactive ketones (excluding diaryl/α,β-unsaturated/α-hetero) is 1. The first-order valence-electron chi connectivity index (χ1n) is 10.9. The summed E-state index contributed by atoms with van der Waals surface area (Å²) in [5.41, 5.74) is 0.734. The summed E-state index contributed by atoms with van der Waals surface area (Å²) >= 11 is 0. The van der Waals surface area contributed by atoms with Crippen LogP contribution < -0.4 is 0 Å². The maximum absolute atomic E-state index is 15.4. The summed E-state index contributed by atoms with van der Waals surface area (Å²) in [5, 5.41) is 4.39. The van der Waals surface area contributed by atoms with Crippen molar-refractivity contribution >= 4 is 11.5 Å². The van der Waals surface area contributed by atoms with Crippen LogP contribution in [-0.4, -0.2) is 43.8 Å². The van der Waals surface area contributed by atoms with Crippen LogP contribution in [0.1, 0.15) is 58.8 Å². The second kappa shape index (κ2) is 6.24. The van der Waals surface area contributed by atoms with Crippen molar-refractivity contribution in [2.75, 3.05) is 20.3 Å². The molecule has 5 nitrogen and oxygen atoms in total. The quantitative estimate of drug-likeness (QED) is 0.634. The van der Waals surface area contributed by atoms with Crippen LogP contribution in [0.15, 0.2) is 5.16 Å². The standard InChI is InChI=1S/C22H32FNO4/c1-20-6-4-13(25)10-17(20)18(24-26-3)11-14-15(20)5-7-21(2)16(14)12-19(23)22(21)27-8-9-28-22/h14-17,19H,4-12H2,1-3H3/t14?,15?,16?,17?,19-,20-,21+/m1/s1. The third-order valence-electron chi connectivity index (χ3n) is 9.29. The molecule has 0 aromatic heterocycles. The Balaban J connectivity index is 1.54. The lowest BCUT2D eigenvalue weighted by Gasteiger charge is -2.60. The second-order valence-corrected chi connectivity index (χ2v) is 10.2. The zero-order valence-corrected chi connectivity index (χ0v) is 17.2. The number of rotatable bonds is 1. The number of carbonyl (C=O) groups excluding carboxylic acids is 1. The van der Waals surface area contributed by atoms with Gasteiger partial charge in [-0.2, -0.15) is 0 Å². The van der Waals surface area contributed by atoms with E-state index in [1.54, 1.807) is 7.11 Å². The van der Waals surface area contributed by atoms with E-state index in [9.17, 15) is 4.79 Å². The van der Waals surface area contributed by atoms with Gasteiger partial charge in [0.25, 0.3) is 0 Å². The number of carbonyl (C=O) groups is 1. The Labute approximate surface area is 166 Å². The van der Waals surface area contributed by atoms with Crippen LogP contribution in [0, 0.1) is 34.5 Å². The fraction of sp³-hybridized carbons (Fsp3) is 0.909. The number of alkyl halides is 1. The number of fused-ring (bicyclic) bond motifs is 6. The molecule has 1 spiro atoms. The van der Waals surface area contributed by atoms with Gasteiger partial charge in [0.1, 0.15) is 12.9 Å². The minimum Gasteiger partial charge on any atom is -0.399 e. The molecular formula is C22H32FNO4. The second-order valence-electron chi connectivity index (χ2n) is 10.2. The molecule has 4 saturated carbocycles. The molecule has 5 rings (SSSR count). The lowest BCUT2D eigenvalue weighted by Crippen LogP contribution is -2.59. The molecule has 0 N–H and O–H groups in total. The molecule has 0 radical (unpaired) electrons. The number of hydrogen-bond acceptors (Lipinski definition) is 5. The van der Waals surface area contributed by atoms with Crippen LogP contribution in [-0.2, 0) is 19.1 Å². The highest BCUT2D eigenvalue weighted by Gasteiger charge is 2.72. The third-order valence-corrected chi connectivity index (χ3v) is 9.29. The van der Waals surface area contributed by atoms with Crippen molar-refractivity contribution in [3.05, 3.63) is 0 Å². The van der Waals surface area contributed by atoms with E-state index in [1.807, 2.05) is 0 Å². The maximum Gasteiger partial charge on any atom is 0.205 e. The van der Waals surface area contributed by atoms with Gasteiger partial charge in [-0.25, -0.2) is 4.39 Å². The molecule has 1 heterocycles. The minimum atomic E-state index is -1.08. The summed E-state index contributed by atoms with van der Waals surface area (Å²) in [6, 6.07) is 0. The molecule has 0 bridgehead atoms. The van der Waals surface area contributed by atoms with E-state index in [2.05, 4.69) is 19.0 Å². The Morgan fingerprint density at radius 2 is 1.89 bits per heavy atom. The minimum absolute atomic E-state index is 0.0362. The number of oxime groups is 1. The van der Waals surface area contributed by atoms with Crippen molar-refractivity contribution in [1.82, 2.24) is 0 Å². The van der Waals surface area contributed by atoms with Gasteiger partial charge in [0, 0.05) is 24.2 Å². The van der Waals surface area contributed by atoms with Crippen molar-refractivity contribution in [3.63, 3.8) is 0 Å². The highest BCUT2D eigenvalue weighted by molar-refractivity contribution is 5.94. The Hall–Kier alpha value is -1.01. The first-order valence-corrected chi connectivity index (χ1v) is 10.9. The van der Waals surface area contributed by atoms with Gasteiger partial charge in [-0.15, -0.1) is 0 Å². The summed E-state index contributed by atoms with van der Waals surface area (Å²) in [6.07, 6.45) is 4.32. The zero-order chi connectivity index (χ0) is 19.7. The average Bonchev–Trinajstić information content (AvgIpc) is 3.24. The smallest absolute Gasteiger partial charge is 0.205 e. The van der Waals surface area contributed by atoms with E-state index in [-0.39, 0.29) is 22.7 Å². The van der Waals surface area contributed by atoms with Gasteiger partial charge in [0.15, 0.2) is 6.17 Å². The molecule has 4 aliphatic carbocycles. The number of ketones is 1. The number of halogens is 1. The van der Waals surface area contributed by atoms with E-state index < -0.39 is 12.0 Å². The molecule has 0 aromatic carbocycles. The molecular weight excluding hydrogens is 361 g/mol. The molecule has 0 aromatic rings. The number of ether oxygens (including phenoxy) is 2. The van der Waals surface area contributed by atoms with Crippen LogP contribution >= 0.6 is 0 Å². The van der Waals surface area contributed by atoms with Crippen LogP contribution in [0.3, 0.4) is 0 Å². The Kier molecular flexibility index (Phi) is 4.23. The van der Waals surface area contributed by atoms with Crippen LogP contribution in [0.5, 0.6) is 0 Å². The SMILES string of the molecule is CON=C1CC2C(CC[C@@]3(C)C2C[C@@H](F)C32OCCO2)[C@@]2(C)CCC(=O)CC12. The van der Waals surface area contributed by atoms with Gasteiger partial charge in [-0.1, -0.05) is 19.0 Å². The summed E-state index contributed by atoms with van der Waals surface area (Å²) in [6.45, 7) is 5.49. The number of nitrogens with zero attached hydrogens (tertiary/aromatic N) is 1. The average molecular weight is 393 g/mol. The molecule has 1 saturated heterocycles. The van der Waals surface area contributed by atoms with Gasteiger partial charge < -0.3 is 14.3 Å². The highest BCUT2D eigenvalue weighted by atomic mass is 19.1. The van der Waals surface area contributed by atoms with Crippen molar-refractivity contribution < 1.29 is 23.5 Å².